The molecule has 1 aliphatic heterocycles. The van der Waals surface area contributed by atoms with Crippen LogP contribution in [0.25, 0.3) is 0 Å². The van der Waals surface area contributed by atoms with Gasteiger partial charge in [0.1, 0.15) is 0 Å². The Morgan fingerprint density at radius 3 is 2.73 bits per heavy atom. The van der Waals surface area contributed by atoms with E-state index in [4.69, 9.17) is 0 Å². The smallest absolute Gasteiger partial charge is 0.255 e. The average molecular weight is 294 g/mol. The number of hydrogen-bond donors (Lipinski definition) is 2. The molecule has 0 atom stereocenters. The molecule has 2 aromatic carbocycles. The highest BCUT2D eigenvalue weighted by atomic mass is 16.2. The maximum atomic E-state index is 12.5. The molecular formula is C18H18N2O2. The van der Waals surface area contributed by atoms with Crippen LogP contribution in [-0.4, -0.2) is 11.8 Å². The van der Waals surface area contributed by atoms with Gasteiger partial charge < -0.3 is 10.6 Å². The number of anilines is 2. The van der Waals surface area contributed by atoms with Crippen LogP contribution in [0.2, 0.25) is 0 Å². The van der Waals surface area contributed by atoms with Crippen LogP contribution in [0.15, 0.2) is 42.5 Å². The van der Waals surface area contributed by atoms with Crippen molar-refractivity contribution in [1.82, 2.24) is 0 Å². The first-order chi connectivity index (χ1) is 10.5. The van der Waals surface area contributed by atoms with Gasteiger partial charge in [-0.05, 0) is 41.3 Å². The second kappa shape index (κ2) is 5.64. The van der Waals surface area contributed by atoms with Gasteiger partial charge in [-0.25, -0.2) is 0 Å². The molecule has 0 saturated heterocycles. The van der Waals surface area contributed by atoms with E-state index < -0.39 is 0 Å². The summed E-state index contributed by atoms with van der Waals surface area (Å²) in [6, 6.07) is 13.1. The molecule has 0 saturated carbocycles. The van der Waals surface area contributed by atoms with Gasteiger partial charge in [0.25, 0.3) is 5.91 Å². The summed E-state index contributed by atoms with van der Waals surface area (Å²) in [7, 11) is 0. The van der Waals surface area contributed by atoms with Crippen molar-refractivity contribution in [3.8, 4) is 0 Å². The third-order valence-electron chi connectivity index (χ3n) is 3.82. The summed E-state index contributed by atoms with van der Waals surface area (Å²) in [5, 5.41) is 5.73. The van der Waals surface area contributed by atoms with Gasteiger partial charge in [0.15, 0.2) is 0 Å². The zero-order valence-corrected chi connectivity index (χ0v) is 12.6. The van der Waals surface area contributed by atoms with Gasteiger partial charge in [-0.1, -0.05) is 32.0 Å². The summed E-state index contributed by atoms with van der Waals surface area (Å²) in [6.07, 6.45) is 0.332. The molecule has 0 unspecified atom stereocenters. The maximum absolute atomic E-state index is 12.5. The number of benzene rings is 2. The molecule has 0 radical (unpaired) electrons. The fraction of sp³-hybridized carbons (Fsp3) is 0.222. The summed E-state index contributed by atoms with van der Waals surface area (Å²) >= 11 is 0. The molecule has 0 bridgehead atoms. The average Bonchev–Trinajstić information content (AvgIpc) is 2.86. The lowest BCUT2D eigenvalue weighted by atomic mass is 10.0. The van der Waals surface area contributed by atoms with Gasteiger partial charge in [-0.2, -0.15) is 0 Å². The first-order valence-corrected chi connectivity index (χ1v) is 7.37. The fourth-order valence-electron chi connectivity index (χ4n) is 2.68. The summed E-state index contributed by atoms with van der Waals surface area (Å²) in [5.41, 5.74) is 4.17. The van der Waals surface area contributed by atoms with Crippen LogP contribution >= 0.6 is 0 Å². The monoisotopic (exact) mass is 294 g/mol. The standard InChI is InChI=1S/C18H18N2O2/c1-11(2)14-5-3-4-6-16(14)20-18(22)12-7-8-15-13(9-12)10-17(21)19-15/h3-9,11H,10H2,1-2H3,(H,19,21)(H,20,22). The Bertz CT molecular complexity index is 751. The lowest BCUT2D eigenvalue weighted by Crippen LogP contribution is -2.13. The number of amides is 2. The Morgan fingerprint density at radius 1 is 1.18 bits per heavy atom. The lowest BCUT2D eigenvalue weighted by molar-refractivity contribution is -0.115. The summed E-state index contributed by atoms with van der Waals surface area (Å²) in [4.78, 5) is 23.8. The van der Waals surface area contributed by atoms with Crippen molar-refractivity contribution < 1.29 is 9.59 Å². The third kappa shape index (κ3) is 2.72. The molecule has 4 nitrogen and oxygen atoms in total. The first kappa shape index (κ1) is 14.3. The van der Waals surface area contributed by atoms with E-state index in [1.165, 1.54) is 0 Å². The van der Waals surface area contributed by atoms with Crippen molar-refractivity contribution in [3.63, 3.8) is 0 Å². The largest absolute Gasteiger partial charge is 0.326 e. The number of carbonyl (C=O) groups is 2. The molecule has 0 fully saturated rings. The molecule has 22 heavy (non-hydrogen) atoms. The van der Waals surface area contributed by atoms with Gasteiger partial charge >= 0.3 is 0 Å². The Labute approximate surface area is 129 Å². The third-order valence-corrected chi connectivity index (χ3v) is 3.82. The molecule has 0 aromatic heterocycles. The minimum atomic E-state index is -0.157. The van der Waals surface area contributed by atoms with E-state index in [2.05, 4.69) is 24.5 Å². The van der Waals surface area contributed by atoms with Crippen LogP contribution in [0.4, 0.5) is 11.4 Å². The number of nitrogens with one attached hydrogen (secondary N) is 2. The summed E-state index contributed by atoms with van der Waals surface area (Å²) in [5.74, 6) is 0.145. The van der Waals surface area contributed by atoms with Crippen molar-refractivity contribution >= 4 is 23.2 Å². The van der Waals surface area contributed by atoms with Crippen molar-refractivity contribution in [2.24, 2.45) is 0 Å². The van der Waals surface area contributed by atoms with Crippen molar-refractivity contribution in [2.45, 2.75) is 26.2 Å². The summed E-state index contributed by atoms with van der Waals surface area (Å²) < 4.78 is 0. The van der Waals surface area contributed by atoms with Gasteiger partial charge in [-0.15, -0.1) is 0 Å². The quantitative estimate of drug-likeness (QED) is 0.909. The maximum Gasteiger partial charge on any atom is 0.255 e. The molecule has 0 spiro atoms. The normalized spacial score (nSPS) is 13.0. The van der Waals surface area contributed by atoms with Crippen LogP contribution in [0.5, 0.6) is 0 Å². The highest BCUT2D eigenvalue weighted by molar-refractivity contribution is 6.06. The zero-order chi connectivity index (χ0) is 15.7. The van der Waals surface area contributed by atoms with E-state index >= 15 is 0 Å². The molecule has 1 heterocycles. The van der Waals surface area contributed by atoms with Crippen molar-refractivity contribution in [2.75, 3.05) is 10.6 Å². The molecule has 112 valence electrons. The van der Waals surface area contributed by atoms with Crippen LogP contribution in [0.1, 0.15) is 41.3 Å². The van der Waals surface area contributed by atoms with Gasteiger partial charge in [0.05, 0.1) is 6.42 Å². The molecule has 3 rings (SSSR count). The highest BCUT2D eigenvalue weighted by Gasteiger charge is 2.19. The predicted molar refractivity (Wildman–Crippen MR) is 87.3 cm³/mol. The Kier molecular flexibility index (Phi) is 3.67. The van der Waals surface area contributed by atoms with Crippen LogP contribution in [0.3, 0.4) is 0 Å². The van der Waals surface area contributed by atoms with E-state index in [1.807, 2.05) is 24.3 Å². The lowest BCUT2D eigenvalue weighted by Gasteiger charge is -2.14. The Morgan fingerprint density at radius 2 is 1.95 bits per heavy atom. The van der Waals surface area contributed by atoms with E-state index in [9.17, 15) is 9.59 Å². The highest BCUT2D eigenvalue weighted by Crippen LogP contribution is 2.26. The SMILES string of the molecule is CC(C)c1ccccc1NC(=O)c1ccc2c(c1)CC(=O)N2. The number of carbonyl (C=O) groups excluding carboxylic acids is 2. The zero-order valence-electron chi connectivity index (χ0n) is 12.6. The molecule has 1 aliphatic rings. The van der Waals surface area contributed by atoms with Crippen LogP contribution in [0, 0.1) is 0 Å². The van der Waals surface area contributed by atoms with E-state index in [0.29, 0.717) is 17.9 Å². The van der Waals surface area contributed by atoms with E-state index in [0.717, 1.165) is 22.5 Å². The van der Waals surface area contributed by atoms with E-state index in [-0.39, 0.29) is 11.8 Å². The van der Waals surface area contributed by atoms with Crippen LogP contribution in [-0.2, 0) is 11.2 Å². The molecular weight excluding hydrogens is 276 g/mol. The molecule has 2 amide bonds. The fourth-order valence-corrected chi connectivity index (χ4v) is 2.68. The van der Waals surface area contributed by atoms with Crippen LogP contribution < -0.4 is 10.6 Å². The van der Waals surface area contributed by atoms with Gasteiger partial charge in [0.2, 0.25) is 5.91 Å². The molecule has 4 heteroatoms. The minimum Gasteiger partial charge on any atom is -0.326 e. The summed E-state index contributed by atoms with van der Waals surface area (Å²) in [6.45, 7) is 4.19. The minimum absolute atomic E-state index is 0.0299. The molecule has 0 aliphatic carbocycles. The predicted octanol–water partition coefficient (Wildman–Crippen LogP) is 3.56. The topological polar surface area (TPSA) is 58.2 Å². The molecule has 2 N–H and O–H groups in total. The number of para-hydroxylation sites is 1. The second-order valence-corrected chi connectivity index (χ2v) is 5.79. The second-order valence-electron chi connectivity index (χ2n) is 5.79. The van der Waals surface area contributed by atoms with Gasteiger partial charge in [-0.3, -0.25) is 9.59 Å². The van der Waals surface area contributed by atoms with Crippen molar-refractivity contribution in [1.29, 1.82) is 0 Å². The Balaban J connectivity index is 1.84. The number of rotatable bonds is 3. The van der Waals surface area contributed by atoms with Gasteiger partial charge in [0, 0.05) is 16.9 Å². The van der Waals surface area contributed by atoms with E-state index in [1.54, 1.807) is 18.2 Å². The Hall–Kier alpha value is -2.62. The van der Waals surface area contributed by atoms with Crippen molar-refractivity contribution in [3.05, 3.63) is 59.2 Å². The molecule has 2 aromatic rings. The first-order valence-electron chi connectivity index (χ1n) is 7.37. The number of hydrogen-bond acceptors (Lipinski definition) is 2. The number of fused-ring (bicyclic) bond motifs is 1.